The van der Waals surface area contributed by atoms with Crippen molar-refractivity contribution in [3.8, 4) is 0 Å². The summed E-state index contributed by atoms with van der Waals surface area (Å²) in [7, 11) is 0. The van der Waals surface area contributed by atoms with E-state index in [0.29, 0.717) is 10.6 Å². The van der Waals surface area contributed by atoms with Crippen LogP contribution >= 0.6 is 11.6 Å². The van der Waals surface area contributed by atoms with E-state index in [1.165, 1.54) is 6.92 Å². The maximum atomic E-state index is 11.7. The average molecular weight is 408 g/mol. The van der Waals surface area contributed by atoms with Gasteiger partial charge in [0.2, 0.25) is 6.29 Å². The Balaban J connectivity index is 0.00000676. The van der Waals surface area contributed by atoms with Crippen molar-refractivity contribution < 1.29 is 58.5 Å². The number of carbonyl (C=O) groups excluding carboxylic acids is 3. The van der Waals surface area contributed by atoms with Crippen molar-refractivity contribution in [2.75, 3.05) is 6.54 Å². The molecule has 1 rings (SSSR count). The molecule has 0 bridgehead atoms. The van der Waals surface area contributed by atoms with Crippen LogP contribution in [0.4, 0.5) is 4.79 Å². The molecule has 0 aromatic heterocycles. The fraction of sp³-hybridized carbons (Fsp3) is 0.500. The fourth-order valence-electron chi connectivity index (χ4n) is 1.98. The number of alkyl carbamates (subject to hydrolysis) is 1. The summed E-state index contributed by atoms with van der Waals surface area (Å²) in [4.78, 5) is 34.7. The largest absolute Gasteiger partial charge is 1.00 e. The number of nitrogens with one attached hydrogen (secondary N) is 1. The van der Waals surface area contributed by atoms with Crippen molar-refractivity contribution in [2.24, 2.45) is 5.41 Å². The van der Waals surface area contributed by atoms with Crippen LogP contribution in [0.2, 0.25) is 5.02 Å². The molecule has 0 radical (unpaired) electrons. The van der Waals surface area contributed by atoms with Crippen molar-refractivity contribution in [2.45, 2.75) is 46.3 Å². The Kier molecular flexibility index (Phi) is 11.0. The predicted molar refractivity (Wildman–Crippen MR) is 93.3 cm³/mol. The van der Waals surface area contributed by atoms with Crippen LogP contribution in [0.25, 0.3) is 0 Å². The Hall–Kier alpha value is -1.28. The number of halogens is 1. The molecule has 0 saturated carbocycles. The van der Waals surface area contributed by atoms with Gasteiger partial charge in [-0.25, -0.2) is 4.79 Å². The van der Waals surface area contributed by atoms with Crippen LogP contribution in [0.5, 0.6) is 0 Å². The molecule has 1 aromatic carbocycles. The summed E-state index contributed by atoms with van der Waals surface area (Å²) < 4.78 is 9.90. The number of carbonyl (C=O) groups is 3. The third-order valence-electron chi connectivity index (χ3n) is 3.42. The zero-order valence-corrected chi connectivity index (χ0v) is 19.0. The number of benzene rings is 1. The van der Waals surface area contributed by atoms with E-state index in [9.17, 15) is 19.5 Å². The number of rotatable bonds is 7. The van der Waals surface area contributed by atoms with Gasteiger partial charge in [-0.15, -0.1) is 0 Å². The van der Waals surface area contributed by atoms with Gasteiger partial charge >= 0.3 is 41.6 Å². The minimum absolute atomic E-state index is 0. The van der Waals surface area contributed by atoms with Gasteiger partial charge in [0, 0.05) is 30.4 Å². The van der Waals surface area contributed by atoms with Crippen LogP contribution in [0.15, 0.2) is 24.3 Å². The van der Waals surface area contributed by atoms with Crippen molar-refractivity contribution in [3.05, 3.63) is 34.9 Å². The molecule has 27 heavy (non-hydrogen) atoms. The SMILES string of the molecule is CC(OC(=O)NCCC(C(=O)[O-])c1ccc(Cl)cc1)OC(=O)C(C)(C)C.[Na+]. The molecule has 0 aliphatic rings. The summed E-state index contributed by atoms with van der Waals surface area (Å²) in [6.07, 6.45) is -1.77. The maximum Gasteiger partial charge on any atom is 1.00 e. The van der Waals surface area contributed by atoms with E-state index in [2.05, 4.69) is 5.32 Å². The normalized spacial score (nSPS) is 12.9. The van der Waals surface area contributed by atoms with E-state index in [0.717, 1.165) is 0 Å². The molecule has 0 fully saturated rings. The predicted octanol–water partition coefficient (Wildman–Crippen LogP) is -0.771. The van der Waals surface area contributed by atoms with Gasteiger partial charge in [-0.2, -0.15) is 0 Å². The molecule has 9 heteroatoms. The standard InChI is InChI=1S/C18H24ClNO6.Na/c1-11(25-16(23)18(2,3)4)26-17(24)20-10-9-14(15(21)22)12-5-7-13(19)8-6-12;/h5-8,11,14H,9-10H2,1-4H3,(H,20,24)(H,21,22);/q;+1/p-1. The van der Waals surface area contributed by atoms with Crippen molar-refractivity contribution in [3.63, 3.8) is 0 Å². The van der Waals surface area contributed by atoms with Gasteiger partial charge in [0.1, 0.15) is 0 Å². The fourth-order valence-corrected chi connectivity index (χ4v) is 2.10. The third-order valence-corrected chi connectivity index (χ3v) is 3.67. The quantitative estimate of drug-likeness (QED) is 0.361. The molecular weight excluding hydrogens is 385 g/mol. The zero-order valence-electron chi connectivity index (χ0n) is 16.2. The molecule has 144 valence electrons. The van der Waals surface area contributed by atoms with Crippen LogP contribution < -0.4 is 40.0 Å². The number of ether oxygens (including phenoxy) is 2. The first-order valence-electron chi connectivity index (χ1n) is 8.12. The van der Waals surface area contributed by atoms with Crippen LogP contribution in [0.1, 0.15) is 45.6 Å². The van der Waals surface area contributed by atoms with Crippen LogP contribution in [0, 0.1) is 5.41 Å². The van der Waals surface area contributed by atoms with E-state index in [4.69, 9.17) is 21.1 Å². The number of hydrogen-bond donors (Lipinski definition) is 1. The van der Waals surface area contributed by atoms with E-state index in [1.54, 1.807) is 45.0 Å². The monoisotopic (exact) mass is 407 g/mol. The topological polar surface area (TPSA) is 105 Å². The van der Waals surface area contributed by atoms with Crippen molar-refractivity contribution in [1.29, 1.82) is 0 Å². The van der Waals surface area contributed by atoms with Crippen LogP contribution in [-0.2, 0) is 19.1 Å². The van der Waals surface area contributed by atoms with Gasteiger partial charge in [0.05, 0.1) is 5.41 Å². The third kappa shape index (κ3) is 9.46. The molecule has 7 nitrogen and oxygen atoms in total. The van der Waals surface area contributed by atoms with E-state index < -0.39 is 35.7 Å². The molecule has 1 aromatic rings. The minimum atomic E-state index is -1.25. The van der Waals surface area contributed by atoms with Crippen molar-refractivity contribution in [1.82, 2.24) is 5.32 Å². The molecule has 0 aliphatic heterocycles. The van der Waals surface area contributed by atoms with E-state index in [-0.39, 0.29) is 42.5 Å². The molecule has 1 N–H and O–H groups in total. The summed E-state index contributed by atoms with van der Waals surface area (Å²) in [5, 5.41) is 14.2. The van der Waals surface area contributed by atoms with Crippen LogP contribution in [-0.4, -0.2) is 30.9 Å². The van der Waals surface area contributed by atoms with Gasteiger partial charge in [-0.05, 0) is 44.9 Å². The Morgan fingerprint density at radius 2 is 1.70 bits per heavy atom. The summed E-state index contributed by atoms with van der Waals surface area (Å²) >= 11 is 5.78. The van der Waals surface area contributed by atoms with Gasteiger partial charge in [-0.1, -0.05) is 23.7 Å². The molecule has 2 atom stereocenters. The number of aliphatic carboxylic acids is 1. The van der Waals surface area contributed by atoms with E-state index in [1.807, 2.05) is 0 Å². The summed E-state index contributed by atoms with van der Waals surface area (Å²) in [5.74, 6) is -2.66. The second-order valence-electron chi connectivity index (χ2n) is 6.77. The zero-order chi connectivity index (χ0) is 19.9. The number of hydrogen-bond acceptors (Lipinski definition) is 6. The molecule has 2 unspecified atom stereocenters. The Bertz CT molecular complexity index is 644. The first kappa shape index (κ1) is 25.7. The number of amides is 1. The van der Waals surface area contributed by atoms with Crippen LogP contribution in [0.3, 0.4) is 0 Å². The molecule has 0 saturated heterocycles. The number of carboxylic acid groups (broad SMARTS) is 1. The molecule has 0 aliphatic carbocycles. The van der Waals surface area contributed by atoms with Gasteiger partial charge in [0.15, 0.2) is 0 Å². The maximum absolute atomic E-state index is 11.7. The first-order chi connectivity index (χ1) is 12.0. The first-order valence-corrected chi connectivity index (χ1v) is 8.50. The second kappa shape index (κ2) is 11.5. The Labute approximate surface area is 186 Å². The minimum Gasteiger partial charge on any atom is -0.549 e. The smallest absolute Gasteiger partial charge is 0.549 e. The summed E-state index contributed by atoms with van der Waals surface area (Å²) in [6, 6.07) is 6.35. The molecule has 0 spiro atoms. The second-order valence-corrected chi connectivity index (χ2v) is 7.20. The Morgan fingerprint density at radius 3 is 2.19 bits per heavy atom. The van der Waals surface area contributed by atoms with Gasteiger partial charge in [0.25, 0.3) is 0 Å². The van der Waals surface area contributed by atoms with Gasteiger partial charge in [-0.3, -0.25) is 4.79 Å². The average Bonchev–Trinajstić information content (AvgIpc) is 2.51. The Morgan fingerprint density at radius 1 is 1.15 bits per heavy atom. The molecule has 1 amide bonds. The molecular formula is C18H23ClNNaO6. The van der Waals surface area contributed by atoms with Crippen molar-refractivity contribution >= 4 is 29.6 Å². The van der Waals surface area contributed by atoms with E-state index >= 15 is 0 Å². The summed E-state index contributed by atoms with van der Waals surface area (Å²) in [6.45, 7) is 6.50. The molecule has 0 heterocycles. The number of esters is 1. The number of carboxylic acids is 1. The summed E-state index contributed by atoms with van der Waals surface area (Å²) in [5.41, 5.74) is -0.189. The van der Waals surface area contributed by atoms with Gasteiger partial charge < -0.3 is 24.7 Å².